The lowest BCUT2D eigenvalue weighted by Crippen LogP contribution is -2.21. The summed E-state index contributed by atoms with van der Waals surface area (Å²) in [6, 6.07) is 0. The Morgan fingerprint density at radius 2 is 2.10 bits per heavy atom. The Hall–Kier alpha value is -0.840. The van der Waals surface area contributed by atoms with Gasteiger partial charge >= 0.3 is 0 Å². The molecule has 4 N–H and O–H groups in total. The number of ether oxygens (including phenoxy) is 1. The maximum absolute atomic E-state index is 10.1. The summed E-state index contributed by atoms with van der Waals surface area (Å²) < 4.78 is 5.71. The second-order valence-electron chi connectivity index (χ2n) is 6.02. The van der Waals surface area contributed by atoms with Crippen molar-refractivity contribution >= 4 is 0 Å². The van der Waals surface area contributed by atoms with Gasteiger partial charge in [-0.15, -0.1) is 0 Å². The number of nitrogens with two attached hydrogens (primary N) is 1. The summed E-state index contributed by atoms with van der Waals surface area (Å²) in [5.41, 5.74) is 6.48. The smallest absolute Gasteiger partial charge is 0.115 e. The molecule has 0 saturated carbocycles. The van der Waals surface area contributed by atoms with Crippen LogP contribution < -0.4 is 5.73 Å². The third-order valence-corrected chi connectivity index (χ3v) is 3.72. The molecule has 0 aromatic heterocycles. The van der Waals surface area contributed by atoms with E-state index in [1.54, 1.807) is 0 Å². The van der Waals surface area contributed by atoms with Gasteiger partial charge in [0.25, 0.3) is 0 Å². The number of allylic oxidation sites excluding steroid dienone is 2. The van der Waals surface area contributed by atoms with Crippen LogP contribution in [0.3, 0.4) is 0 Å². The third kappa shape index (κ3) is 5.65. The van der Waals surface area contributed by atoms with E-state index in [2.05, 4.69) is 13.0 Å². The maximum atomic E-state index is 10.1. The van der Waals surface area contributed by atoms with Crippen LogP contribution in [0.2, 0.25) is 0 Å². The molecule has 0 fully saturated rings. The van der Waals surface area contributed by atoms with E-state index in [4.69, 9.17) is 10.5 Å². The van der Waals surface area contributed by atoms with E-state index in [1.165, 1.54) is 0 Å². The van der Waals surface area contributed by atoms with E-state index in [1.807, 2.05) is 19.9 Å². The Morgan fingerprint density at radius 3 is 2.70 bits per heavy atom. The third-order valence-electron chi connectivity index (χ3n) is 3.72. The van der Waals surface area contributed by atoms with Crippen LogP contribution >= 0.6 is 0 Å². The molecule has 0 bridgehead atoms. The Balaban J connectivity index is 2.70. The normalized spacial score (nSPS) is 22.9. The van der Waals surface area contributed by atoms with Gasteiger partial charge in [-0.2, -0.15) is 0 Å². The molecular weight excluding hydrogens is 254 g/mol. The lowest BCUT2D eigenvalue weighted by molar-refractivity contribution is 0.0440. The first-order valence-electron chi connectivity index (χ1n) is 7.55. The summed E-state index contributed by atoms with van der Waals surface area (Å²) in [4.78, 5) is 0. The van der Waals surface area contributed by atoms with E-state index in [9.17, 15) is 10.2 Å². The predicted octanol–water partition coefficient (Wildman–Crippen LogP) is 1.97. The van der Waals surface area contributed by atoms with Crippen molar-refractivity contribution in [1.82, 2.24) is 0 Å². The SMILES string of the molecule is CC1C=C(OCC(O)C(C)C)C=C(C(O)CCN)CC1. The van der Waals surface area contributed by atoms with Gasteiger partial charge in [-0.25, -0.2) is 0 Å². The van der Waals surface area contributed by atoms with E-state index >= 15 is 0 Å². The highest BCUT2D eigenvalue weighted by molar-refractivity contribution is 5.24. The number of hydrogen-bond acceptors (Lipinski definition) is 4. The lowest BCUT2D eigenvalue weighted by Gasteiger charge is -2.17. The number of rotatable bonds is 7. The van der Waals surface area contributed by atoms with Crippen LogP contribution in [0.25, 0.3) is 0 Å². The molecule has 4 nitrogen and oxygen atoms in total. The molecule has 0 spiro atoms. The van der Waals surface area contributed by atoms with E-state index < -0.39 is 12.2 Å². The highest BCUT2D eigenvalue weighted by Crippen LogP contribution is 2.25. The average molecular weight is 283 g/mol. The Bertz CT molecular complexity index is 350. The Kier molecular flexibility index (Phi) is 7.27. The summed E-state index contributed by atoms with van der Waals surface area (Å²) in [6.45, 7) is 6.82. The van der Waals surface area contributed by atoms with Crippen LogP contribution in [0.15, 0.2) is 23.5 Å². The second kappa shape index (κ2) is 8.45. The monoisotopic (exact) mass is 283 g/mol. The van der Waals surface area contributed by atoms with Crippen molar-refractivity contribution in [1.29, 1.82) is 0 Å². The van der Waals surface area contributed by atoms with Gasteiger partial charge in [-0.1, -0.05) is 20.8 Å². The Labute approximate surface area is 122 Å². The topological polar surface area (TPSA) is 75.7 Å². The number of aliphatic hydroxyl groups is 2. The molecule has 0 aromatic rings. The fourth-order valence-corrected chi connectivity index (χ4v) is 2.13. The van der Waals surface area contributed by atoms with Crippen molar-refractivity contribution in [3.05, 3.63) is 23.5 Å². The first kappa shape index (κ1) is 17.2. The molecule has 0 saturated heterocycles. The van der Waals surface area contributed by atoms with Gasteiger partial charge in [-0.05, 0) is 55.4 Å². The van der Waals surface area contributed by atoms with Gasteiger partial charge in [-0.3, -0.25) is 0 Å². The highest BCUT2D eigenvalue weighted by atomic mass is 16.5. The Morgan fingerprint density at radius 1 is 1.40 bits per heavy atom. The zero-order chi connectivity index (χ0) is 15.1. The first-order chi connectivity index (χ1) is 9.43. The highest BCUT2D eigenvalue weighted by Gasteiger charge is 2.17. The molecule has 1 aliphatic rings. The van der Waals surface area contributed by atoms with Crippen LogP contribution in [0, 0.1) is 11.8 Å². The fraction of sp³-hybridized carbons (Fsp3) is 0.750. The molecule has 20 heavy (non-hydrogen) atoms. The molecule has 0 radical (unpaired) electrons. The molecule has 3 unspecified atom stereocenters. The second-order valence-corrected chi connectivity index (χ2v) is 6.02. The van der Waals surface area contributed by atoms with Crippen molar-refractivity contribution in [2.75, 3.05) is 13.2 Å². The van der Waals surface area contributed by atoms with E-state index in [0.29, 0.717) is 18.9 Å². The lowest BCUT2D eigenvalue weighted by atomic mass is 9.99. The van der Waals surface area contributed by atoms with Crippen LogP contribution in [0.4, 0.5) is 0 Å². The molecule has 0 aliphatic heterocycles. The van der Waals surface area contributed by atoms with Crippen molar-refractivity contribution in [2.45, 2.75) is 52.2 Å². The maximum Gasteiger partial charge on any atom is 0.115 e. The molecule has 4 heteroatoms. The van der Waals surface area contributed by atoms with Crippen molar-refractivity contribution in [3.63, 3.8) is 0 Å². The molecule has 116 valence electrons. The van der Waals surface area contributed by atoms with Crippen LogP contribution in [-0.2, 0) is 4.74 Å². The quantitative estimate of drug-likeness (QED) is 0.667. The number of aliphatic hydroxyl groups excluding tert-OH is 2. The van der Waals surface area contributed by atoms with Crippen LogP contribution in [0.5, 0.6) is 0 Å². The van der Waals surface area contributed by atoms with E-state index in [-0.39, 0.29) is 12.5 Å². The van der Waals surface area contributed by atoms with Gasteiger partial charge in [0.05, 0.1) is 12.2 Å². The number of hydrogen-bond donors (Lipinski definition) is 3. The summed E-state index contributed by atoms with van der Waals surface area (Å²) in [5.74, 6) is 1.32. The minimum absolute atomic E-state index is 0.171. The van der Waals surface area contributed by atoms with Gasteiger partial charge in [0.15, 0.2) is 0 Å². The largest absolute Gasteiger partial charge is 0.491 e. The molecule has 3 atom stereocenters. The predicted molar refractivity (Wildman–Crippen MR) is 81.0 cm³/mol. The van der Waals surface area contributed by atoms with E-state index in [0.717, 1.165) is 24.2 Å². The van der Waals surface area contributed by atoms with Gasteiger partial charge < -0.3 is 20.7 Å². The van der Waals surface area contributed by atoms with Crippen LogP contribution in [0.1, 0.15) is 40.0 Å². The van der Waals surface area contributed by atoms with Crippen molar-refractivity contribution in [3.8, 4) is 0 Å². The molecular formula is C16H29NO3. The standard InChI is InChI=1S/C16H29NO3/c1-11(2)16(19)10-20-14-8-12(3)4-5-13(9-14)15(18)6-7-17/h8-9,11-12,15-16,18-19H,4-7,10,17H2,1-3H3. The molecule has 1 rings (SSSR count). The summed E-state index contributed by atoms with van der Waals surface area (Å²) in [6.07, 6.45) is 5.44. The van der Waals surface area contributed by atoms with Gasteiger partial charge in [0.2, 0.25) is 0 Å². The minimum atomic E-state index is -0.493. The van der Waals surface area contributed by atoms with Crippen molar-refractivity contribution < 1.29 is 14.9 Å². The van der Waals surface area contributed by atoms with Gasteiger partial charge in [0, 0.05) is 0 Å². The summed E-state index contributed by atoms with van der Waals surface area (Å²) in [7, 11) is 0. The van der Waals surface area contributed by atoms with Crippen LogP contribution in [-0.4, -0.2) is 35.6 Å². The fourth-order valence-electron chi connectivity index (χ4n) is 2.13. The molecule has 0 amide bonds. The molecule has 0 heterocycles. The first-order valence-corrected chi connectivity index (χ1v) is 7.55. The molecule has 1 aliphatic carbocycles. The van der Waals surface area contributed by atoms with Crippen molar-refractivity contribution in [2.24, 2.45) is 17.6 Å². The molecule has 0 aromatic carbocycles. The van der Waals surface area contributed by atoms with Gasteiger partial charge in [0.1, 0.15) is 12.4 Å². The average Bonchev–Trinajstić information content (AvgIpc) is 2.58. The summed E-state index contributed by atoms with van der Waals surface area (Å²) in [5, 5.41) is 19.9. The zero-order valence-corrected chi connectivity index (χ0v) is 12.9. The minimum Gasteiger partial charge on any atom is -0.491 e. The summed E-state index contributed by atoms with van der Waals surface area (Å²) >= 11 is 0. The zero-order valence-electron chi connectivity index (χ0n) is 12.9.